The quantitative estimate of drug-likeness (QED) is 0.217. The molecule has 1 aromatic rings. The van der Waals surface area contributed by atoms with Gasteiger partial charge in [-0.15, -0.1) is 0 Å². The van der Waals surface area contributed by atoms with Crippen LogP contribution in [0.3, 0.4) is 0 Å². The molecule has 8 nitrogen and oxygen atoms in total. The summed E-state index contributed by atoms with van der Waals surface area (Å²) in [6, 6.07) is 5.60. The second kappa shape index (κ2) is 7.81. The SMILES string of the molecule is NC(N)N/N=C/c1cccc(/C=N/NC(N)N)c1Br. The second-order valence-corrected chi connectivity index (χ2v) is 4.37. The van der Waals surface area contributed by atoms with Gasteiger partial charge in [0.25, 0.3) is 0 Å². The third-order valence-corrected chi connectivity index (χ3v) is 2.83. The summed E-state index contributed by atoms with van der Waals surface area (Å²) in [6.45, 7) is 0. The molecule has 0 bridgehead atoms. The zero-order valence-electron chi connectivity index (χ0n) is 10.1. The minimum Gasteiger partial charge on any atom is -0.298 e. The maximum atomic E-state index is 5.31. The summed E-state index contributed by atoms with van der Waals surface area (Å²) in [4.78, 5) is 0. The zero-order chi connectivity index (χ0) is 14.3. The van der Waals surface area contributed by atoms with Gasteiger partial charge in [-0.3, -0.25) is 33.8 Å². The first-order valence-corrected chi connectivity index (χ1v) is 6.18. The largest absolute Gasteiger partial charge is 0.298 e. The first-order chi connectivity index (χ1) is 9.00. The zero-order valence-corrected chi connectivity index (χ0v) is 11.7. The van der Waals surface area contributed by atoms with Crippen molar-refractivity contribution in [2.75, 3.05) is 0 Å². The number of hydrogen-bond acceptors (Lipinski definition) is 8. The van der Waals surface area contributed by atoms with Crippen LogP contribution < -0.4 is 33.8 Å². The summed E-state index contributed by atoms with van der Waals surface area (Å²) in [5.74, 6) is 0. The number of halogens is 1. The molecule has 0 aliphatic rings. The molecular weight excluding hydrogens is 312 g/mol. The summed E-state index contributed by atoms with van der Waals surface area (Å²) in [5, 5.41) is 7.79. The highest BCUT2D eigenvalue weighted by atomic mass is 79.9. The maximum absolute atomic E-state index is 5.31. The van der Waals surface area contributed by atoms with E-state index in [9.17, 15) is 0 Å². The van der Waals surface area contributed by atoms with Crippen molar-refractivity contribution in [3.05, 3.63) is 33.8 Å². The number of benzene rings is 1. The Bertz CT molecular complexity index is 419. The molecule has 0 fully saturated rings. The molecule has 0 atom stereocenters. The molecule has 1 aromatic carbocycles. The fourth-order valence-electron chi connectivity index (χ4n) is 1.15. The molecular formula is C10H17BrN8. The third kappa shape index (κ3) is 5.77. The van der Waals surface area contributed by atoms with E-state index in [0.29, 0.717) is 0 Å². The average Bonchev–Trinajstić information content (AvgIpc) is 2.32. The number of hydrazone groups is 2. The molecule has 0 radical (unpaired) electrons. The molecule has 0 aliphatic carbocycles. The summed E-state index contributed by atoms with van der Waals surface area (Å²) in [5.41, 5.74) is 28.0. The van der Waals surface area contributed by atoms with Gasteiger partial charge in [0.1, 0.15) is 12.6 Å². The molecule has 9 heteroatoms. The number of rotatable bonds is 6. The first-order valence-electron chi connectivity index (χ1n) is 5.38. The number of hydrogen-bond donors (Lipinski definition) is 6. The maximum Gasteiger partial charge on any atom is 0.142 e. The first kappa shape index (κ1) is 15.5. The van der Waals surface area contributed by atoms with E-state index < -0.39 is 12.6 Å². The van der Waals surface area contributed by atoms with Gasteiger partial charge in [0.05, 0.1) is 12.4 Å². The van der Waals surface area contributed by atoms with E-state index in [1.165, 1.54) is 0 Å². The highest BCUT2D eigenvalue weighted by Gasteiger charge is 2.02. The predicted molar refractivity (Wildman–Crippen MR) is 79.9 cm³/mol. The van der Waals surface area contributed by atoms with Gasteiger partial charge in [0.15, 0.2) is 0 Å². The van der Waals surface area contributed by atoms with Gasteiger partial charge in [-0.1, -0.05) is 18.2 Å². The lowest BCUT2D eigenvalue weighted by Gasteiger charge is -2.06. The van der Waals surface area contributed by atoms with Crippen LogP contribution in [0.1, 0.15) is 11.1 Å². The van der Waals surface area contributed by atoms with Gasteiger partial charge >= 0.3 is 0 Å². The lowest BCUT2D eigenvalue weighted by atomic mass is 10.1. The predicted octanol–water partition coefficient (Wildman–Crippen LogP) is -1.30. The Labute approximate surface area is 119 Å². The standard InChI is InChI=1S/C10H17BrN8/c11-8-6(4-16-18-9(12)13)2-1-3-7(8)5-17-19-10(14)15/h1-5,9-10,18-19H,12-15H2/b16-4+,17-5+. The Kier molecular flexibility index (Phi) is 6.39. The fourth-order valence-corrected chi connectivity index (χ4v) is 1.62. The molecule has 1 rings (SSSR count). The van der Waals surface area contributed by atoms with E-state index >= 15 is 0 Å². The molecule has 104 valence electrons. The highest BCUT2D eigenvalue weighted by molar-refractivity contribution is 9.10. The van der Waals surface area contributed by atoms with Crippen LogP contribution in [0.2, 0.25) is 0 Å². The second-order valence-electron chi connectivity index (χ2n) is 3.58. The van der Waals surface area contributed by atoms with Crippen molar-refractivity contribution in [2.24, 2.45) is 33.1 Å². The van der Waals surface area contributed by atoms with Crippen LogP contribution in [0.25, 0.3) is 0 Å². The summed E-state index contributed by atoms with van der Waals surface area (Å²) in [7, 11) is 0. The van der Waals surface area contributed by atoms with Crippen molar-refractivity contribution in [1.82, 2.24) is 10.9 Å². The van der Waals surface area contributed by atoms with Gasteiger partial charge in [0, 0.05) is 15.6 Å². The van der Waals surface area contributed by atoms with Crippen LogP contribution in [0.15, 0.2) is 32.9 Å². The number of nitrogens with zero attached hydrogens (tertiary/aromatic N) is 2. The molecule has 0 aliphatic heterocycles. The van der Waals surface area contributed by atoms with Gasteiger partial charge in [-0.2, -0.15) is 10.2 Å². The Morgan fingerprint density at radius 3 is 1.74 bits per heavy atom. The monoisotopic (exact) mass is 328 g/mol. The van der Waals surface area contributed by atoms with Crippen LogP contribution in [-0.2, 0) is 0 Å². The van der Waals surface area contributed by atoms with E-state index in [-0.39, 0.29) is 0 Å². The third-order valence-electron chi connectivity index (χ3n) is 1.91. The topological polar surface area (TPSA) is 153 Å². The van der Waals surface area contributed by atoms with Crippen LogP contribution in [0.4, 0.5) is 0 Å². The van der Waals surface area contributed by atoms with Gasteiger partial charge in [0.2, 0.25) is 0 Å². The highest BCUT2D eigenvalue weighted by Crippen LogP contribution is 2.18. The number of nitrogens with one attached hydrogen (secondary N) is 2. The van der Waals surface area contributed by atoms with Gasteiger partial charge in [-0.25, -0.2) is 0 Å². The summed E-state index contributed by atoms with van der Waals surface area (Å²) in [6.07, 6.45) is 1.79. The van der Waals surface area contributed by atoms with E-state index in [4.69, 9.17) is 22.9 Å². The van der Waals surface area contributed by atoms with Gasteiger partial charge in [-0.05, 0) is 15.9 Å². The average molecular weight is 329 g/mol. The Morgan fingerprint density at radius 1 is 0.947 bits per heavy atom. The minimum absolute atomic E-state index is 0.699. The molecule has 0 unspecified atom stereocenters. The van der Waals surface area contributed by atoms with Crippen molar-refractivity contribution in [3.8, 4) is 0 Å². The van der Waals surface area contributed by atoms with Crippen molar-refractivity contribution in [2.45, 2.75) is 12.6 Å². The van der Waals surface area contributed by atoms with E-state index in [2.05, 4.69) is 37.0 Å². The van der Waals surface area contributed by atoms with Crippen molar-refractivity contribution in [3.63, 3.8) is 0 Å². The lowest BCUT2D eigenvalue weighted by molar-refractivity contribution is 0.572. The van der Waals surface area contributed by atoms with Crippen molar-refractivity contribution >= 4 is 28.4 Å². The summed E-state index contributed by atoms with van der Waals surface area (Å²) < 4.78 is 0.822. The molecule has 0 saturated heterocycles. The minimum atomic E-state index is -0.699. The van der Waals surface area contributed by atoms with Crippen molar-refractivity contribution in [1.29, 1.82) is 0 Å². The molecule has 10 N–H and O–H groups in total. The van der Waals surface area contributed by atoms with E-state index in [1.807, 2.05) is 18.2 Å². The van der Waals surface area contributed by atoms with Crippen LogP contribution in [0, 0.1) is 0 Å². The van der Waals surface area contributed by atoms with E-state index in [0.717, 1.165) is 15.6 Å². The molecule has 0 saturated carbocycles. The molecule has 0 spiro atoms. The molecule has 0 amide bonds. The van der Waals surface area contributed by atoms with Crippen LogP contribution in [0.5, 0.6) is 0 Å². The molecule has 19 heavy (non-hydrogen) atoms. The summed E-state index contributed by atoms with van der Waals surface area (Å²) >= 11 is 3.45. The fraction of sp³-hybridized carbons (Fsp3) is 0.200. The van der Waals surface area contributed by atoms with Crippen LogP contribution in [-0.4, -0.2) is 25.0 Å². The van der Waals surface area contributed by atoms with Gasteiger partial charge < -0.3 is 0 Å². The normalized spacial score (nSPS) is 11.9. The Morgan fingerprint density at radius 2 is 1.37 bits per heavy atom. The molecule has 0 aromatic heterocycles. The Balaban J connectivity index is 2.80. The van der Waals surface area contributed by atoms with Crippen LogP contribution >= 0.6 is 15.9 Å². The number of nitrogens with two attached hydrogens (primary N) is 4. The Hall–Kier alpha value is -1.52. The van der Waals surface area contributed by atoms with Crippen molar-refractivity contribution < 1.29 is 0 Å². The smallest absolute Gasteiger partial charge is 0.142 e. The van der Waals surface area contributed by atoms with E-state index in [1.54, 1.807) is 12.4 Å². The molecule has 0 heterocycles. The lowest BCUT2D eigenvalue weighted by Crippen LogP contribution is -2.42.